The third kappa shape index (κ3) is 1.57. The summed E-state index contributed by atoms with van der Waals surface area (Å²) in [6.07, 6.45) is 0. The molecule has 0 fully saturated rings. The number of benzene rings is 1. The normalized spacial score (nSPS) is 9.73. The Hall–Kier alpha value is -0.890. The Labute approximate surface area is 71.4 Å². The second-order valence-corrected chi connectivity index (χ2v) is 2.87. The first-order valence-electron chi connectivity index (χ1n) is 3.38. The lowest BCUT2D eigenvalue weighted by molar-refractivity contribution is 1.43. The SMILES string of the molecule is CNc1cc(Cl)cc(C)c1N. The van der Waals surface area contributed by atoms with Crippen LogP contribution in [0, 0.1) is 6.92 Å². The first-order valence-corrected chi connectivity index (χ1v) is 3.76. The Bertz CT molecular complexity index is 271. The highest BCUT2D eigenvalue weighted by molar-refractivity contribution is 6.31. The van der Waals surface area contributed by atoms with E-state index in [1.165, 1.54) is 0 Å². The van der Waals surface area contributed by atoms with Gasteiger partial charge in [0.2, 0.25) is 0 Å². The summed E-state index contributed by atoms with van der Waals surface area (Å²) in [5, 5.41) is 3.68. The van der Waals surface area contributed by atoms with Gasteiger partial charge >= 0.3 is 0 Å². The van der Waals surface area contributed by atoms with Gasteiger partial charge < -0.3 is 11.1 Å². The van der Waals surface area contributed by atoms with Crippen molar-refractivity contribution in [3.05, 3.63) is 22.7 Å². The number of anilines is 2. The molecule has 0 heterocycles. The molecule has 0 saturated heterocycles. The van der Waals surface area contributed by atoms with Crippen LogP contribution >= 0.6 is 11.6 Å². The Morgan fingerprint density at radius 3 is 2.64 bits per heavy atom. The van der Waals surface area contributed by atoms with Gasteiger partial charge in [0.25, 0.3) is 0 Å². The molecule has 60 valence electrons. The molecule has 3 N–H and O–H groups in total. The van der Waals surface area contributed by atoms with Gasteiger partial charge in [0, 0.05) is 12.1 Å². The van der Waals surface area contributed by atoms with E-state index in [-0.39, 0.29) is 0 Å². The van der Waals surface area contributed by atoms with Gasteiger partial charge in [-0.1, -0.05) is 11.6 Å². The minimum absolute atomic E-state index is 0.709. The number of halogens is 1. The van der Waals surface area contributed by atoms with Crippen LogP contribution in [0.3, 0.4) is 0 Å². The van der Waals surface area contributed by atoms with E-state index in [2.05, 4.69) is 5.32 Å². The van der Waals surface area contributed by atoms with Crippen molar-refractivity contribution in [2.75, 3.05) is 18.1 Å². The maximum Gasteiger partial charge on any atom is 0.0589 e. The van der Waals surface area contributed by atoms with E-state index in [1.807, 2.05) is 26.1 Å². The van der Waals surface area contributed by atoms with E-state index >= 15 is 0 Å². The van der Waals surface area contributed by atoms with Crippen molar-refractivity contribution in [3.63, 3.8) is 0 Å². The maximum atomic E-state index is 5.81. The molecule has 0 aromatic heterocycles. The molecule has 1 aromatic rings. The Morgan fingerprint density at radius 2 is 2.09 bits per heavy atom. The molecule has 1 aromatic carbocycles. The van der Waals surface area contributed by atoms with Crippen LogP contribution in [0.2, 0.25) is 5.02 Å². The quantitative estimate of drug-likeness (QED) is 0.635. The number of hydrogen-bond acceptors (Lipinski definition) is 2. The molecule has 0 bridgehead atoms. The first-order chi connectivity index (χ1) is 5.15. The van der Waals surface area contributed by atoms with Crippen molar-refractivity contribution in [1.82, 2.24) is 0 Å². The summed E-state index contributed by atoms with van der Waals surface area (Å²) in [5.74, 6) is 0. The van der Waals surface area contributed by atoms with E-state index in [1.54, 1.807) is 0 Å². The third-order valence-corrected chi connectivity index (χ3v) is 1.84. The van der Waals surface area contributed by atoms with Crippen molar-refractivity contribution < 1.29 is 0 Å². The first kappa shape index (κ1) is 8.21. The molecule has 0 aliphatic rings. The van der Waals surface area contributed by atoms with Gasteiger partial charge in [-0.25, -0.2) is 0 Å². The molecule has 11 heavy (non-hydrogen) atoms. The Balaban J connectivity index is 3.24. The molecule has 1 rings (SSSR count). The molecule has 3 heteroatoms. The summed E-state index contributed by atoms with van der Waals surface area (Å²) >= 11 is 5.81. The largest absolute Gasteiger partial charge is 0.397 e. The molecular weight excluding hydrogens is 160 g/mol. The summed E-state index contributed by atoms with van der Waals surface area (Å²) in [4.78, 5) is 0. The fourth-order valence-corrected chi connectivity index (χ4v) is 1.23. The van der Waals surface area contributed by atoms with Crippen LogP contribution in [-0.2, 0) is 0 Å². The highest BCUT2D eigenvalue weighted by Crippen LogP contribution is 2.26. The Morgan fingerprint density at radius 1 is 1.45 bits per heavy atom. The van der Waals surface area contributed by atoms with Crippen LogP contribution in [0.1, 0.15) is 5.56 Å². The lowest BCUT2D eigenvalue weighted by Gasteiger charge is -2.07. The number of nitrogens with two attached hydrogens (primary N) is 1. The smallest absolute Gasteiger partial charge is 0.0589 e. The fraction of sp³-hybridized carbons (Fsp3) is 0.250. The zero-order valence-corrected chi connectivity index (χ0v) is 7.37. The van der Waals surface area contributed by atoms with E-state index in [0.717, 1.165) is 16.9 Å². The lowest BCUT2D eigenvalue weighted by Crippen LogP contribution is -1.97. The van der Waals surface area contributed by atoms with Crippen LogP contribution < -0.4 is 11.1 Å². The van der Waals surface area contributed by atoms with E-state index < -0.39 is 0 Å². The summed E-state index contributed by atoms with van der Waals surface area (Å²) < 4.78 is 0. The summed E-state index contributed by atoms with van der Waals surface area (Å²) in [5.41, 5.74) is 8.39. The monoisotopic (exact) mass is 170 g/mol. The van der Waals surface area contributed by atoms with E-state index in [9.17, 15) is 0 Å². The highest BCUT2D eigenvalue weighted by Gasteiger charge is 2.01. The predicted octanol–water partition coefficient (Wildman–Crippen LogP) is 2.27. The lowest BCUT2D eigenvalue weighted by atomic mass is 10.2. The molecule has 0 aliphatic carbocycles. The minimum atomic E-state index is 0.709. The number of aryl methyl sites for hydroxylation is 1. The average Bonchev–Trinajstić information content (AvgIpc) is 1.96. The van der Waals surface area contributed by atoms with Crippen LogP contribution in [0.5, 0.6) is 0 Å². The highest BCUT2D eigenvalue weighted by atomic mass is 35.5. The molecule has 0 spiro atoms. The molecule has 0 saturated carbocycles. The van der Waals surface area contributed by atoms with Gasteiger partial charge in [-0.2, -0.15) is 0 Å². The summed E-state index contributed by atoms with van der Waals surface area (Å²) in [6, 6.07) is 3.65. The third-order valence-electron chi connectivity index (χ3n) is 1.62. The van der Waals surface area contributed by atoms with Gasteiger partial charge in [-0.15, -0.1) is 0 Å². The minimum Gasteiger partial charge on any atom is -0.397 e. The standard InChI is InChI=1S/C8H11ClN2/c1-5-3-6(9)4-7(11-2)8(5)10/h3-4,11H,10H2,1-2H3. The van der Waals surface area contributed by atoms with Crippen molar-refractivity contribution in [3.8, 4) is 0 Å². The second-order valence-electron chi connectivity index (χ2n) is 2.43. The fourth-order valence-electron chi connectivity index (χ4n) is 0.961. The zero-order valence-electron chi connectivity index (χ0n) is 6.61. The van der Waals surface area contributed by atoms with Gasteiger partial charge in [-0.3, -0.25) is 0 Å². The molecule has 0 unspecified atom stereocenters. The van der Waals surface area contributed by atoms with Gasteiger partial charge in [0.05, 0.1) is 11.4 Å². The molecule has 0 aliphatic heterocycles. The molecule has 0 atom stereocenters. The number of rotatable bonds is 1. The van der Waals surface area contributed by atoms with Crippen LogP contribution in [0.4, 0.5) is 11.4 Å². The summed E-state index contributed by atoms with van der Waals surface area (Å²) in [6.45, 7) is 1.93. The molecule has 2 nitrogen and oxygen atoms in total. The molecule has 0 radical (unpaired) electrons. The maximum absolute atomic E-state index is 5.81. The number of nitrogens with one attached hydrogen (secondary N) is 1. The Kier molecular flexibility index (Phi) is 2.25. The van der Waals surface area contributed by atoms with Crippen molar-refractivity contribution in [2.45, 2.75) is 6.92 Å². The average molecular weight is 171 g/mol. The van der Waals surface area contributed by atoms with E-state index in [0.29, 0.717) is 5.02 Å². The topological polar surface area (TPSA) is 38.0 Å². The van der Waals surface area contributed by atoms with Gasteiger partial charge in [0.15, 0.2) is 0 Å². The number of nitrogen functional groups attached to an aromatic ring is 1. The predicted molar refractivity (Wildman–Crippen MR) is 50.1 cm³/mol. The van der Waals surface area contributed by atoms with Gasteiger partial charge in [-0.05, 0) is 24.6 Å². The number of hydrogen-bond donors (Lipinski definition) is 2. The van der Waals surface area contributed by atoms with Crippen molar-refractivity contribution in [1.29, 1.82) is 0 Å². The van der Waals surface area contributed by atoms with E-state index in [4.69, 9.17) is 17.3 Å². The van der Waals surface area contributed by atoms with Crippen LogP contribution in [-0.4, -0.2) is 7.05 Å². The van der Waals surface area contributed by atoms with Crippen molar-refractivity contribution >= 4 is 23.0 Å². The van der Waals surface area contributed by atoms with Crippen LogP contribution in [0.25, 0.3) is 0 Å². The van der Waals surface area contributed by atoms with Crippen LogP contribution in [0.15, 0.2) is 12.1 Å². The second kappa shape index (κ2) is 3.01. The molecular formula is C8H11ClN2. The van der Waals surface area contributed by atoms with Gasteiger partial charge in [0.1, 0.15) is 0 Å². The zero-order chi connectivity index (χ0) is 8.43. The van der Waals surface area contributed by atoms with Crippen molar-refractivity contribution in [2.24, 2.45) is 0 Å². The summed E-state index contributed by atoms with van der Waals surface area (Å²) in [7, 11) is 1.82. The molecule has 0 amide bonds.